The van der Waals surface area contributed by atoms with Crippen LogP contribution in [-0.2, 0) is 11.3 Å². The molecule has 0 aliphatic carbocycles. The first-order chi connectivity index (χ1) is 15.7. The van der Waals surface area contributed by atoms with Crippen molar-refractivity contribution in [1.82, 2.24) is 14.8 Å². The fraction of sp³-hybridized carbons (Fsp3) is 0.0800. The van der Waals surface area contributed by atoms with Crippen molar-refractivity contribution in [2.24, 2.45) is 0 Å². The standard InChI is InChI=1S/C25H22N4O2S/c1-2-17-29-24(19-11-5-3-6-12-19)27-28-25(29)32-18-23(30)26-21-15-9-10-16-22(21)31-20-13-7-4-8-14-20/h2-16H,1,17-18H2,(H,26,30). The van der Waals surface area contributed by atoms with Crippen molar-refractivity contribution in [1.29, 1.82) is 0 Å². The van der Waals surface area contributed by atoms with Crippen molar-refractivity contribution in [2.75, 3.05) is 11.1 Å². The molecule has 160 valence electrons. The van der Waals surface area contributed by atoms with E-state index in [1.165, 1.54) is 11.8 Å². The summed E-state index contributed by atoms with van der Waals surface area (Å²) in [6.45, 7) is 4.38. The van der Waals surface area contributed by atoms with Gasteiger partial charge in [0.2, 0.25) is 5.91 Å². The molecule has 1 amide bonds. The molecule has 4 rings (SSSR count). The highest BCUT2D eigenvalue weighted by Gasteiger charge is 2.15. The predicted molar refractivity (Wildman–Crippen MR) is 128 cm³/mol. The summed E-state index contributed by atoms with van der Waals surface area (Å²) in [4.78, 5) is 12.7. The first-order valence-corrected chi connectivity index (χ1v) is 11.1. The Bertz CT molecular complexity index is 1190. The molecule has 6 nitrogen and oxygen atoms in total. The zero-order valence-electron chi connectivity index (χ0n) is 17.3. The molecule has 0 fully saturated rings. The lowest BCUT2D eigenvalue weighted by Gasteiger charge is -2.12. The van der Waals surface area contributed by atoms with E-state index in [1.54, 1.807) is 6.08 Å². The number of amides is 1. The molecule has 0 radical (unpaired) electrons. The summed E-state index contributed by atoms with van der Waals surface area (Å²) in [7, 11) is 0. The highest BCUT2D eigenvalue weighted by atomic mass is 32.2. The third-order valence-electron chi connectivity index (χ3n) is 4.53. The Kier molecular flexibility index (Phi) is 6.99. The summed E-state index contributed by atoms with van der Waals surface area (Å²) in [5.74, 6) is 2.06. The van der Waals surface area contributed by atoms with E-state index < -0.39 is 0 Å². The number of hydrogen-bond acceptors (Lipinski definition) is 5. The van der Waals surface area contributed by atoms with Gasteiger partial charge in [0.05, 0.1) is 11.4 Å². The van der Waals surface area contributed by atoms with Gasteiger partial charge in [-0.05, 0) is 24.3 Å². The Balaban J connectivity index is 1.44. The molecular formula is C25H22N4O2S. The molecule has 3 aromatic carbocycles. The number of carbonyl (C=O) groups is 1. The van der Waals surface area contributed by atoms with Crippen molar-refractivity contribution in [3.8, 4) is 22.9 Å². The van der Waals surface area contributed by atoms with E-state index in [-0.39, 0.29) is 11.7 Å². The molecule has 0 aliphatic heterocycles. The van der Waals surface area contributed by atoms with Gasteiger partial charge in [-0.25, -0.2) is 0 Å². The average Bonchev–Trinajstić information content (AvgIpc) is 3.23. The van der Waals surface area contributed by atoms with Crippen molar-refractivity contribution in [3.05, 3.63) is 97.6 Å². The lowest BCUT2D eigenvalue weighted by atomic mass is 10.2. The topological polar surface area (TPSA) is 69.0 Å². The molecule has 1 aromatic heterocycles. The molecule has 0 saturated carbocycles. The molecule has 0 bridgehead atoms. The van der Waals surface area contributed by atoms with Crippen LogP contribution >= 0.6 is 11.8 Å². The summed E-state index contributed by atoms with van der Waals surface area (Å²) >= 11 is 1.33. The number of carbonyl (C=O) groups excluding carboxylic acids is 1. The minimum atomic E-state index is -0.159. The predicted octanol–water partition coefficient (Wildman–Crippen LogP) is 5.65. The van der Waals surface area contributed by atoms with Crippen LogP contribution in [0.4, 0.5) is 5.69 Å². The minimum Gasteiger partial charge on any atom is -0.455 e. The smallest absolute Gasteiger partial charge is 0.234 e. The molecule has 0 atom stereocenters. The third-order valence-corrected chi connectivity index (χ3v) is 5.49. The summed E-state index contributed by atoms with van der Waals surface area (Å²) in [5.41, 5.74) is 1.57. The Hall–Kier alpha value is -3.84. The number of nitrogens with one attached hydrogen (secondary N) is 1. The number of allylic oxidation sites excluding steroid dienone is 1. The lowest BCUT2D eigenvalue weighted by Crippen LogP contribution is -2.15. The average molecular weight is 443 g/mol. The highest BCUT2D eigenvalue weighted by Crippen LogP contribution is 2.30. The second kappa shape index (κ2) is 10.5. The van der Waals surface area contributed by atoms with Crippen LogP contribution in [0.2, 0.25) is 0 Å². The van der Waals surface area contributed by atoms with Gasteiger partial charge in [0.15, 0.2) is 16.7 Å². The monoisotopic (exact) mass is 442 g/mol. The number of ether oxygens (including phenoxy) is 1. The SMILES string of the molecule is C=CCn1c(SCC(=O)Nc2ccccc2Oc2ccccc2)nnc1-c1ccccc1. The van der Waals surface area contributed by atoms with E-state index in [1.807, 2.05) is 89.5 Å². The number of nitrogens with zero attached hydrogens (tertiary/aromatic N) is 3. The van der Waals surface area contributed by atoms with Crippen molar-refractivity contribution < 1.29 is 9.53 Å². The number of anilines is 1. The van der Waals surface area contributed by atoms with Gasteiger partial charge in [0.1, 0.15) is 5.75 Å². The van der Waals surface area contributed by atoms with E-state index >= 15 is 0 Å². The van der Waals surface area contributed by atoms with Crippen LogP contribution in [0.25, 0.3) is 11.4 Å². The molecule has 32 heavy (non-hydrogen) atoms. The second-order valence-corrected chi connectivity index (χ2v) is 7.76. The van der Waals surface area contributed by atoms with Gasteiger partial charge in [-0.3, -0.25) is 9.36 Å². The van der Waals surface area contributed by atoms with E-state index in [9.17, 15) is 4.79 Å². The fourth-order valence-corrected chi connectivity index (χ4v) is 3.83. The van der Waals surface area contributed by atoms with Gasteiger partial charge in [-0.2, -0.15) is 0 Å². The molecule has 1 heterocycles. The molecule has 0 unspecified atom stereocenters. The van der Waals surface area contributed by atoms with Crippen molar-refractivity contribution in [2.45, 2.75) is 11.7 Å². The molecule has 7 heteroatoms. The highest BCUT2D eigenvalue weighted by molar-refractivity contribution is 7.99. The Labute approximate surface area is 191 Å². The maximum Gasteiger partial charge on any atom is 0.234 e. The van der Waals surface area contributed by atoms with Gasteiger partial charge >= 0.3 is 0 Å². The van der Waals surface area contributed by atoms with Gasteiger partial charge < -0.3 is 10.1 Å². The zero-order valence-corrected chi connectivity index (χ0v) is 18.2. The van der Waals surface area contributed by atoms with Gasteiger partial charge in [-0.15, -0.1) is 16.8 Å². The molecule has 0 spiro atoms. The molecule has 1 N–H and O–H groups in total. The number of rotatable bonds is 9. The summed E-state index contributed by atoms with van der Waals surface area (Å²) in [6.07, 6.45) is 1.79. The van der Waals surface area contributed by atoms with E-state index in [2.05, 4.69) is 22.1 Å². The number of benzene rings is 3. The molecule has 4 aromatic rings. The van der Waals surface area contributed by atoms with Crippen LogP contribution in [-0.4, -0.2) is 26.4 Å². The number of para-hydroxylation sites is 3. The first-order valence-electron chi connectivity index (χ1n) is 10.1. The maximum atomic E-state index is 12.7. The van der Waals surface area contributed by atoms with Crippen LogP contribution in [0.1, 0.15) is 0 Å². The summed E-state index contributed by atoms with van der Waals surface area (Å²) in [6, 6.07) is 26.6. The second-order valence-electron chi connectivity index (χ2n) is 6.82. The normalized spacial score (nSPS) is 10.5. The lowest BCUT2D eigenvalue weighted by molar-refractivity contribution is -0.113. The maximum absolute atomic E-state index is 12.7. The van der Waals surface area contributed by atoms with Gasteiger partial charge in [-0.1, -0.05) is 78.5 Å². The third kappa shape index (κ3) is 5.25. The van der Waals surface area contributed by atoms with Crippen molar-refractivity contribution >= 4 is 23.4 Å². The Morgan fingerprint density at radius 3 is 2.41 bits per heavy atom. The van der Waals surface area contributed by atoms with Crippen LogP contribution in [0, 0.1) is 0 Å². The Morgan fingerprint density at radius 2 is 1.66 bits per heavy atom. The molecule has 0 saturated heterocycles. The number of aromatic nitrogens is 3. The number of thioether (sulfide) groups is 1. The van der Waals surface area contributed by atoms with E-state index in [0.717, 1.165) is 11.4 Å². The van der Waals surface area contributed by atoms with Crippen LogP contribution in [0.3, 0.4) is 0 Å². The summed E-state index contributed by atoms with van der Waals surface area (Å²) < 4.78 is 7.87. The van der Waals surface area contributed by atoms with Crippen LogP contribution < -0.4 is 10.1 Å². The minimum absolute atomic E-state index is 0.159. The zero-order chi connectivity index (χ0) is 22.2. The van der Waals surface area contributed by atoms with E-state index in [4.69, 9.17) is 4.74 Å². The van der Waals surface area contributed by atoms with Crippen LogP contribution in [0.5, 0.6) is 11.5 Å². The van der Waals surface area contributed by atoms with Gasteiger partial charge in [0, 0.05) is 12.1 Å². The quantitative estimate of drug-likeness (QED) is 0.268. The molecular weight excluding hydrogens is 420 g/mol. The van der Waals surface area contributed by atoms with Gasteiger partial charge in [0.25, 0.3) is 0 Å². The largest absolute Gasteiger partial charge is 0.455 e. The van der Waals surface area contributed by atoms with E-state index in [0.29, 0.717) is 28.9 Å². The fourth-order valence-electron chi connectivity index (χ4n) is 3.08. The van der Waals surface area contributed by atoms with Crippen molar-refractivity contribution in [3.63, 3.8) is 0 Å². The number of hydrogen-bond donors (Lipinski definition) is 1. The van der Waals surface area contributed by atoms with Crippen LogP contribution in [0.15, 0.2) is 103 Å². The molecule has 0 aliphatic rings. The first kappa shape index (κ1) is 21.4. The Morgan fingerprint density at radius 1 is 0.969 bits per heavy atom. The summed E-state index contributed by atoms with van der Waals surface area (Å²) in [5, 5.41) is 12.2.